The third-order valence-electron chi connectivity index (χ3n) is 4.76. The van der Waals surface area contributed by atoms with Gasteiger partial charge in [-0.2, -0.15) is 0 Å². The smallest absolute Gasteiger partial charge is 0.257 e. The standard InChI is InChI=1S/C16H20F2N2O/c1-19-9-3-7-13(19)14-8-4-10-20(14)16(21)11-5-2-6-12(17)15(11)18/h2,5-6,13-14H,3-4,7-10H2,1H3/t13-,14-/m0/s1. The lowest BCUT2D eigenvalue weighted by molar-refractivity contribution is 0.0658. The number of carbonyl (C=O) groups excluding carboxylic acids is 1. The van der Waals surface area contributed by atoms with Gasteiger partial charge in [-0.05, 0) is 51.4 Å². The summed E-state index contributed by atoms with van der Waals surface area (Å²) < 4.78 is 27.2. The molecule has 2 heterocycles. The van der Waals surface area contributed by atoms with Gasteiger partial charge in [-0.15, -0.1) is 0 Å². The molecule has 0 unspecified atom stereocenters. The molecule has 0 bridgehead atoms. The molecule has 5 heteroatoms. The van der Waals surface area contributed by atoms with E-state index in [2.05, 4.69) is 11.9 Å². The van der Waals surface area contributed by atoms with E-state index in [1.807, 2.05) is 0 Å². The van der Waals surface area contributed by atoms with Crippen molar-refractivity contribution in [1.29, 1.82) is 0 Å². The Bertz CT molecular complexity index is 549. The van der Waals surface area contributed by atoms with Crippen LogP contribution in [0.5, 0.6) is 0 Å². The maximum absolute atomic E-state index is 13.9. The molecular weight excluding hydrogens is 274 g/mol. The molecule has 0 saturated carbocycles. The van der Waals surface area contributed by atoms with E-state index in [0.717, 1.165) is 38.3 Å². The minimum Gasteiger partial charge on any atom is -0.334 e. The summed E-state index contributed by atoms with van der Waals surface area (Å²) in [5, 5.41) is 0. The highest BCUT2D eigenvalue weighted by Crippen LogP contribution is 2.30. The Morgan fingerprint density at radius 2 is 1.86 bits per heavy atom. The molecule has 3 nitrogen and oxygen atoms in total. The lowest BCUT2D eigenvalue weighted by Crippen LogP contribution is -2.47. The molecule has 0 aromatic heterocycles. The van der Waals surface area contributed by atoms with Crippen LogP contribution in [0, 0.1) is 11.6 Å². The molecule has 0 spiro atoms. The van der Waals surface area contributed by atoms with Gasteiger partial charge in [-0.1, -0.05) is 6.07 Å². The molecule has 0 radical (unpaired) electrons. The van der Waals surface area contributed by atoms with Crippen molar-refractivity contribution in [1.82, 2.24) is 9.80 Å². The second-order valence-corrected chi connectivity index (χ2v) is 6.00. The first-order chi connectivity index (χ1) is 10.1. The summed E-state index contributed by atoms with van der Waals surface area (Å²) >= 11 is 0. The predicted molar refractivity (Wildman–Crippen MR) is 76.1 cm³/mol. The van der Waals surface area contributed by atoms with Gasteiger partial charge in [0.1, 0.15) is 0 Å². The van der Waals surface area contributed by atoms with Crippen molar-refractivity contribution in [2.45, 2.75) is 37.8 Å². The highest BCUT2D eigenvalue weighted by Gasteiger charge is 2.39. The first kappa shape index (κ1) is 14.4. The quantitative estimate of drug-likeness (QED) is 0.837. The molecule has 1 amide bonds. The summed E-state index contributed by atoms with van der Waals surface area (Å²) in [6, 6.07) is 4.26. The van der Waals surface area contributed by atoms with Gasteiger partial charge in [0.15, 0.2) is 11.6 Å². The van der Waals surface area contributed by atoms with Crippen molar-refractivity contribution in [3.63, 3.8) is 0 Å². The number of rotatable bonds is 2. The van der Waals surface area contributed by atoms with Gasteiger partial charge in [0.25, 0.3) is 5.91 Å². The normalized spacial score (nSPS) is 26.5. The topological polar surface area (TPSA) is 23.6 Å². The van der Waals surface area contributed by atoms with Crippen molar-refractivity contribution in [3.05, 3.63) is 35.4 Å². The average molecular weight is 294 g/mol. The molecule has 2 aliphatic rings. The van der Waals surface area contributed by atoms with Gasteiger partial charge in [-0.3, -0.25) is 4.79 Å². The van der Waals surface area contributed by atoms with Crippen LogP contribution in [0.25, 0.3) is 0 Å². The van der Waals surface area contributed by atoms with E-state index in [4.69, 9.17) is 0 Å². The predicted octanol–water partition coefficient (Wildman–Crippen LogP) is 2.66. The van der Waals surface area contributed by atoms with Gasteiger partial charge < -0.3 is 9.80 Å². The van der Waals surface area contributed by atoms with Crippen LogP contribution in [-0.4, -0.2) is 47.9 Å². The van der Waals surface area contributed by atoms with E-state index in [-0.39, 0.29) is 17.5 Å². The maximum atomic E-state index is 13.9. The number of amides is 1. The lowest BCUT2D eigenvalue weighted by Gasteiger charge is -2.33. The second-order valence-electron chi connectivity index (χ2n) is 6.00. The van der Waals surface area contributed by atoms with Crippen LogP contribution >= 0.6 is 0 Å². The minimum atomic E-state index is -1.03. The molecule has 2 aliphatic heterocycles. The molecule has 2 saturated heterocycles. The Kier molecular flexibility index (Phi) is 3.93. The number of likely N-dealkylation sites (N-methyl/N-ethyl adjacent to an activating group) is 1. The molecule has 114 valence electrons. The molecule has 3 rings (SSSR count). The van der Waals surface area contributed by atoms with Gasteiger partial charge in [0.05, 0.1) is 5.56 Å². The number of nitrogens with zero attached hydrogens (tertiary/aromatic N) is 2. The van der Waals surface area contributed by atoms with Crippen molar-refractivity contribution in [3.8, 4) is 0 Å². The maximum Gasteiger partial charge on any atom is 0.257 e. The van der Waals surface area contributed by atoms with Gasteiger partial charge in [0.2, 0.25) is 0 Å². The van der Waals surface area contributed by atoms with Gasteiger partial charge >= 0.3 is 0 Å². The number of halogens is 2. The monoisotopic (exact) mass is 294 g/mol. The fourth-order valence-electron chi connectivity index (χ4n) is 3.69. The van der Waals surface area contributed by atoms with Crippen LogP contribution < -0.4 is 0 Å². The third-order valence-corrected chi connectivity index (χ3v) is 4.76. The van der Waals surface area contributed by atoms with E-state index in [1.165, 1.54) is 12.1 Å². The Labute approximate surface area is 123 Å². The SMILES string of the molecule is CN1CCC[C@H]1[C@@H]1CCCN1C(=O)c1cccc(F)c1F. The largest absolute Gasteiger partial charge is 0.334 e. The van der Waals surface area contributed by atoms with E-state index in [1.54, 1.807) is 4.90 Å². The average Bonchev–Trinajstić information content (AvgIpc) is 3.09. The fourth-order valence-corrected chi connectivity index (χ4v) is 3.69. The van der Waals surface area contributed by atoms with E-state index in [9.17, 15) is 13.6 Å². The highest BCUT2D eigenvalue weighted by molar-refractivity contribution is 5.95. The van der Waals surface area contributed by atoms with Crippen LogP contribution in [0.3, 0.4) is 0 Å². The molecule has 2 fully saturated rings. The minimum absolute atomic E-state index is 0.118. The van der Waals surface area contributed by atoms with Crippen molar-refractivity contribution in [2.75, 3.05) is 20.1 Å². The second kappa shape index (κ2) is 5.72. The zero-order chi connectivity index (χ0) is 15.0. The Morgan fingerprint density at radius 1 is 1.14 bits per heavy atom. The van der Waals surface area contributed by atoms with Crippen LogP contribution in [0.4, 0.5) is 8.78 Å². The van der Waals surface area contributed by atoms with Gasteiger partial charge in [0, 0.05) is 18.6 Å². The summed E-state index contributed by atoms with van der Waals surface area (Å²) in [7, 11) is 2.07. The molecular formula is C16H20F2N2O. The first-order valence-corrected chi connectivity index (χ1v) is 7.55. The summed E-state index contributed by atoms with van der Waals surface area (Å²) in [6.45, 7) is 1.67. The summed E-state index contributed by atoms with van der Waals surface area (Å²) in [5.41, 5.74) is -0.150. The Balaban J connectivity index is 1.84. The number of hydrogen-bond donors (Lipinski definition) is 0. The molecule has 1 aromatic rings. The number of hydrogen-bond acceptors (Lipinski definition) is 2. The van der Waals surface area contributed by atoms with E-state index in [0.29, 0.717) is 12.6 Å². The van der Waals surface area contributed by atoms with Crippen LogP contribution in [-0.2, 0) is 0 Å². The summed E-state index contributed by atoms with van der Waals surface area (Å²) in [4.78, 5) is 16.6. The number of carbonyl (C=O) groups is 1. The zero-order valence-electron chi connectivity index (χ0n) is 12.2. The zero-order valence-corrected chi connectivity index (χ0v) is 12.2. The van der Waals surface area contributed by atoms with Gasteiger partial charge in [-0.25, -0.2) is 8.78 Å². The highest BCUT2D eigenvalue weighted by atomic mass is 19.2. The number of benzene rings is 1. The Hall–Kier alpha value is -1.49. The van der Waals surface area contributed by atoms with Crippen molar-refractivity contribution < 1.29 is 13.6 Å². The number of likely N-dealkylation sites (tertiary alicyclic amines) is 2. The van der Waals surface area contributed by atoms with Crippen molar-refractivity contribution >= 4 is 5.91 Å². The van der Waals surface area contributed by atoms with Crippen LogP contribution in [0.15, 0.2) is 18.2 Å². The van der Waals surface area contributed by atoms with Crippen LogP contribution in [0.1, 0.15) is 36.0 Å². The Morgan fingerprint density at radius 3 is 2.57 bits per heavy atom. The molecule has 0 aliphatic carbocycles. The van der Waals surface area contributed by atoms with E-state index < -0.39 is 11.6 Å². The van der Waals surface area contributed by atoms with Crippen molar-refractivity contribution in [2.24, 2.45) is 0 Å². The molecule has 0 N–H and O–H groups in total. The van der Waals surface area contributed by atoms with E-state index >= 15 is 0 Å². The molecule has 1 aromatic carbocycles. The molecule has 2 atom stereocenters. The van der Waals surface area contributed by atoms with Crippen LogP contribution in [0.2, 0.25) is 0 Å². The lowest BCUT2D eigenvalue weighted by atomic mass is 10.0. The first-order valence-electron chi connectivity index (χ1n) is 7.55. The fraction of sp³-hybridized carbons (Fsp3) is 0.562. The summed E-state index contributed by atoms with van der Waals surface area (Å²) in [6.07, 6.45) is 4.07. The summed E-state index contributed by atoms with van der Waals surface area (Å²) in [5.74, 6) is -2.38. The molecule has 21 heavy (non-hydrogen) atoms. The third kappa shape index (κ3) is 2.55.